The van der Waals surface area contributed by atoms with E-state index in [4.69, 9.17) is 16.0 Å². The van der Waals surface area contributed by atoms with Crippen LogP contribution >= 0.6 is 11.6 Å². The van der Waals surface area contributed by atoms with Crippen molar-refractivity contribution >= 4 is 31.6 Å². The lowest BCUT2D eigenvalue weighted by Crippen LogP contribution is -2.49. The highest BCUT2D eigenvalue weighted by molar-refractivity contribution is 6.74. The van der Waals surface area contributed by atoms with Gasteiger partial charge in [0.15, 0.2) is 14.5 Å². The second-order valence-electron chi connectivity index (χ2n) is 8.75. The summed E-state index contributed by atoms with van der Waals surface area (Å²) in [6.07, 6.45) is 0.778. The first-order valence-corrected chi connectivity index (χ1v) is 12.0. The van der Waals surface area contributed by atoms with Crippen molar-refractivity contribution in [1.82, 2.24) is 4.98 Å². The van der Waals surface area contributed by atoms with E-state index in [1.807, 2.05) is 0 Å². The first-order valence-electron chi connectivity index (χ1n) is 8.70. The number of carbonyl (C=O) groups is 1. The molecule has 0 bridgehead atoms. The van der Waals surface area contributed by atoms with E-state index in [2.05, 4.69) is 38.8 Å². The van der Waals surface area contributed by atoms with E-state index >= 15 is 0 Å². The molecule has 26 heavy (non-hydrogen) atoms. The highest BCUT2D eigenvalue weighted by Crippen LogP contribution is 2.42. The Morgan fingerprint density at radius 3 is 2.35 bits per heavy atom. The second kappa shape index (κ2) is 6.73. The molecule has 1 aliphatic heterocycles. The molecule has 144 valence electrons. The second-order valence-corrected chi connectivity index (χ2v) is 13.9. The van der Waals surface area contributed by atoms with Crippen LogP contribution in [0.5, 0.6) is 0 Å². The maximum absolute atomic E-state index is 14.4. The van der Waals surface area contributed by atoms with E-state index in [1.165, 1.54) is 24.9 Å². The Hall–Kier alpha value is -1.24. The summed E-state index contributed by atoms with van der Waals surface area (Å²) < 4.78 is 20.8. The molecule has 0 fully saturated rings. The molecule has 2 heterocycles. The molecular weight excluding hydrogens is 371 g/mol. The SMILES string of the molecule is CC1=C(Cl)C(O[Si](C)(C)C(C)(C)C)N(c2cc(C(C)(C)F)ccn2)C1=O. The van der Waals surface area contributed by atoms with Gasteiger partial charge in [-0.1, -0.05) is 32.4 Å². The molecule has 0 aliphatic carbocycles. The minimum atomic E-state index is -2.21. The summed E-state index contributed by atoms with van der Waals surface area (Å²) in [5.74, 6) is 0.0805. The Kier molecular flexibility index (Phi) is 5.45. The molecular formula is C19H28ClFN2O2Si. The van der Waals surface area contributed by atoms with Gasteiger partial charge in [0.05, 0.1) is 5.03 Å². The Bertz CT molecular complexity index is 751. The van der Waals surface area contributed by atoms with E-state index in [0.717, 1.165) is 0 Å². The Morgan fingerprint density at radius 2 is 1.85 bits per heavy atom. The number of amides is 1. The van der Waals surface area contributed by atoms with Crippen LogP contribution in [0.25, 0.3) is 0 Å². The van der Waals surface area contributed by atoms with Crippen LogP contribution in [0.2, 0.25) is 18.1 Å². The van der Waals surface area contributed by atoms with Crippen molar-refractivity contribution in [2.24, 2.45) is 0 Å². The molecule has 1 unspecified atom stereocenters. The average molecular weight is 399 g/mol. The van der Waals surface area contributed by atoms with E-state index < -0.39 is 20.2 Å². The van der Waals surface area contributed by atoms with Gasteiger partial charge < -0.3 is 4.43 Å². The van der Waals surface area contributed by atoms with Crippen LogP contribution < -0.4 is 4.90 Å². The molecule has 0 radical (unpaired) electrons. The summed E-state index contributed by atoms with van der Waals surface area (Å²) in [5, 5.41) is 0.317. The molecule has 1 aliphatic rings. The normalized spacial score (nSPS) is 19.5. The summed E-state index contributed by atoms with van der Waals surface area (Å²) in [6.45, 7) is 15.2. The zero-order valence-corrected chi connectivity index (χ0v) is 18.5. The van der Waals surface area contributed by atoms with Crippen molar-refractivity contribution in [3.05, 3.63) is 34.5 Å². The number of rotatable bonds is 4. The van der Waals surface area contributed by atoms with Crippen molar-refractivity contribution in [3.63, 3.8) is 0 Å². The lowest BCUT2D eigenvalue weighted by molar-refractivity contribution is -0.115. The quantitative estimate of drug-likeness (QED) is 0.629. The van der Waals surface area contributed by atoms with Gasteiger partial charge in [-0.2, -0.15) is 0 Å². The maximum Gasteiger partial charge on any atom is 0.258 e. The molecule has 0 aromatic carbocycles. The number of aromatic nitrogens is 1. The van der Waals surface area contributed by atoms with Gasteiger partial charge in [-0.3, -0.25) is 9.69 Å². The molecule has 1 aromatic heterocycles. The molecule has 4 nitrogen and oxygen atoms in total. The molecule has 0 saturated heterocycles. The number of halogens is 2. The minimum absolute atomic E-state index is 0.0500. The molecule has 0 saturated carbocycles. The first kappa shape index (κ1) is 21.1. The Balaban J connectivity index is 2.48. The van der Waals surface area contributed by atoms with Crippen molar-refractivity contribution in [2.75, 3.05) is 4.90 Å². The molecule has 2 rings (SSSR count). The lowest BCUT2D eigenvalue weighted by Gasteiger charge is -2.40. The zero-order chi connectivity index (χ0) is 20.1. The van der Waals surface area contributed by atoms with E-state index in [-0.39, 0.29) is 10.9 Å². The van der Waals surface area contributed by atoms with Crippen LogP contribution in [0.1, 0.15) is 47.1 Å². The van der Waals surface area contributed by atoms with Crippen molar-refractivity contribution in [3.8, 4) is 0 Å². The van der Waals surface area contributed by atoms with Crippen molar-refractivity contribution < 1.29 is 13.6 Å². The van der Waals surface area contributed by atoms with E-state index in [0.29, 0.717) is 22.0 Å². The molecule has 1 atom stereocenters. The maximum atomic E-state index is 14.4. The van der Waals surface area contributed by atoms with Gasteiger partial charge in [0, 0.05) is 11.8 Å². The number of alkyl halides is 1. The fraction of sp³-hybridized carbons (Fsp3) is 0.579. The van der Waals surface area contributed by atoms with Crippen molar-refractivity contribution in [2.45, 2.75) is 71.6 Å². The van der Waals surface area contributed by atoms with Crippen molar-refractivity contribution in [1.29, 1.82) is 0 Å². The minimum Gasteiger partial charge on any atom is -0.392 e. The highest BCUT2D eigenvalue weighted by Gasteiger charge is 2.46. The summed E-state index contributed by atoms with van der Waals surface area (Å²) in [6, 6.07) is 3.19. The number of hydrogen-bond acceptors (Lipinski definition) is 3. The number of hydrogen-bond donors (Lipinski definition) is 0. The zero-order valence-electron chi connectivity index (χ0n) is 16.8. The van der Waals surface area contributed by atoms with Crippen LogP contribution in [0.4, 0.5) is 10.2 Å². The predicted octanol–water partition coefficient (Wildman–Crippen LogP) is 5.49. The van der Waals surface area contributed by atoms with Crippen LogP contribution in [-0.2, 0) is 14.9 Å². The number of nitrogens with zero attached hydrogens (tertiary/aromatic N) is 2. The van der Waals surface area contributed by atoms with E-state index in [1.54, 1.807) is 19.1 Å². The third-order valence-corrected chi connectivity index (χ3v) is 10.1. The van der Waals surface area contributed by atoms with Gasteiger partial charge in [0.1, 0.15) is 11.5 Å². The number of carbonyl (C=O) groups excluding carboxylic acids is 1. The fourth-order valence-corrected chi connectivity index (χ4v) is 3.82. The van der Waals surface area contributed by atoms with Gasteiger partial charge in [0.25, 0.3) is 5.91 Å². The monoisotopic (exact) mass is 398 g/mol. The summed E-state index contributed by atoms with van der Waals surface area (Å²) in [4.78, 5) is 18.5. The smallest absolute Gasteiger partial charge is 0.258 e. The number of pyridine rings is 1. The lowest BCUT2D eigenvalue weighted by atomic mass is 10.0. The predicted molar refractivity (Wildman–Crippen MR) is 106 cm³/mol. The molecule has 1 aromatic rings. The third-order valence-electron chi connectivity index (χ3n) is 5.24. The van der Waals surface area contributed by atoms with Crippen LogP contribution in [0.3, 0.4) is 0 Å². The first-order chi connectivity index (χ1) is 11.7. The fourth-order valence-electron chi connectivity index (χ4n) is 2.39. The molecule has 7 heteroatoms. The number of anilines is 1. The Morgan fingerprint density at radius 1 is 1.27 bits per heavy atom. The molecule has 1 amide bonds. The Labute approximate surface area is 161 Å². The van der Waals surface area contributed by atoms with Gasteiger partial charge in [0.2, 0.25) is 0 Å². The molecule has 0 N–H and O–H groups in total. The summed E-state index contributed by atoms with van der Waals surface area (Å²) in [5.41, 5.74) is -0.660. The van der Waals surface area contributed by atoms with Gasteiger partial charge in [-0.25, -0.2) is 9.37 Å². The highest BCUT2D eigenvalue weighted by atomic mass is 35.5. The summed E-state index contributed by atoms with van der Waals surface area (Å²) >= 11 is 6.47. The van der Waals surface area contributed by atoms with Gasteiger partial charge in [-0.15, -0.1) is 0 Å². The topological polar surface area (TPSA) is 42.4 Å². The van der Waals surface area contributed by atoms with Crippen LogP contribution in [0.15, 0.2) is 28.9 Å². The van der Waals surface area contributed by atoms with Gasteiger partial charge >= 0.3 is 0 Å². The largest absolute Gasteiger partial charge is 0.392 e. The average Bonchev–Trinajstić information content (AvgIpc) is 2.69. The summed E-state index contributed by atoms with van der Waals surface area (Å²) in [7, 11) is -2.21. The van der Waals surface area contributed by atoms with E-state index in [9.17, 15) is 9.18 Å². The van der Waals surface area contributed by atoms with Gasteiger partial charge in [-0.05, 0) is 56.6 Å². The molecule has 0 spiro atoms. The third kappa shape index (κ3) is 3.87. The van der Waals surface area contributed by atoms with Crippen LogP contribution in [0, 0.1) is 0 Å². The standard InChI is InChI=1S/C19H28ClFN2O2Si/c1-12-15(20)17(25-26(7,8)18(2,3)4)23(16(12)24)14-11-13(9-10-22-14)19(5,6)21/h9-11,17H,1-8H3. The van der Waals surface area contributed by atoms with Crippen LogP contribution in [-0.4, -0.2) is 25.4 Å².